The number of hydrogen-bond donors (Lipinski definition) is 0. The van der Waals surface area contributed by atoms with E-state index in [-0.39, 0.29) is 0 Å². The normalized spacial score (nSPS) is 29.2. The third kappa shape index (κ3) is 1.81. The van der Waals surface area contributed by atoms with Crippen molar-refractivity contribution in [2.24, 2.45) is 5.92 Å². The van der Waals surface area contributed by atoms with Crippen LogP contribution < -0.4 is 4.90 Å². The minimum absolute atomic E-state index is 0.747. The highest BCUT2D eigenvalue weighted by Crippen LogP contribution is 2.38. The fourth-order valence-corrected chi connectivity index (χ4v) is 3.80. The number of rotatable bonds is 1. The molecule has 16 heavy (non-hydrogen) atoms. The van der Waals surface area contributed by atoms with Crippen LogP contribution in [-0.2, 0) is 0 Å². The van der Waals surface area contributed by atoms with E-state index < -0.39 is 0 Å². The van der Waals surface area contributed by atoms with Crippen molar-refractivity contribution in [1.82, 2.24) is 9.97 Å². The van der Waals surface area contributed by atoms with E-state index in [4.69, 9.17) is 0 Å². The summed E-state index contributed by atoms with van der Waals surface area (Å²) in [5.74, 6) is 2.07. The molecule has 0 spiro atoms. The van der Waals surface area contributed by atoms with Gasteiger partial charge in [-0.1, -0.05) is 12.8 Å². The Morgan fingerprint density at radius 3 is 3.00 bits per heavy atom. The smallest absolute Gasteiger partial charge is 0.145 e. The van der Waals surface area contributed by atoms with Crippen LogP contribution in [0.2, 0.25) is 0 Å². The van der Waals surface area contributed by atoms with Gasteiger partial charge in [0, 0.05) is 18.8 Å². The van der Waals surface area contributed by atoms with Crippen LogP contribution in [0.15, 0.2) is 12.5 Å². The Morgan fingerprint density at radius 1 is 1.25 bits per heavy atom. The zero-order valence-corrected chi connectivity index (χ0v) is 11.4. The molecular weight excluding hydrogens is 313 g/mol. The molecule has 2 fully saturated rings. The summed E-state index contributed by atoms with van der Waals surface area (Å²) in [7, 11) is 0. The summed E-state index contributed by atoms with van der Waals surface area (Å²) < 4.78 is 1.19. The second-order valence-electron chi connectivity index (χ2n) is 4.79. The maximum Gasteiger partial charge on any atom is 0.145 e. The number of anilines is 1. The average molecular weight is 329 g/mol. The van der Waals surface area contributed by atoms with Crippen LogP contribution in [0.1, 0.15) is 32.1 Å². The molecule has 1 aliphatic carbocycles. The van der Waals surface area contributed by atoms with Gasteiger partial charge >= 0.3 is 0 Å². The third-order valence-electron chi connectivity index (χ3n) is 3.93. The van der Waals surface area contributed by atoms with Gasteiger partial charge in [0.2, 0.25) is 0 Å². The van der Waals surface area contributed by atoms with Gasteiger partial charge in [0.25, 0.3) is 0 Å². The second kappa shape index (κ2) is 4.47. The van der Waals surface area contributed by atoms with E-state index in [1.165, 1.54) is 42.2 Å². The Hall–Kier alpha value is -0.390. The number of nitrogens with zero attached hydrogens (tertiary/aromatic N) is 3. The van der Waals surface area contributed by atoms with Crippen molar-refractivity contribution in [3.05, 3.63) is 16.1 Å². The molecular formula is C12H16IN3. The molecule has 3 nitrogen and oxygen atoms in total. The van der Waals surface area contributed by atoms with Crippen molar-refractivity contribution in [3.8, 4) is 0 Å². The Bertz CT molecular complexity index is 382. The third-order valence-corrected chi connectivity index (χ3v) is 4.69. The molecule has 0 radical (unpaired) electrons. The van der Waals surface area contributed by atoms with E-state index in [1.54, 1.807) is 6.33 Å². The Morgan fingerprint density at radius 2 is 2.12 bits per heavy atom. The Labute approximate surface area is 110 Å². The Balaban J connectivity index is 1.88. The molecule has 2 aliphatic rings. The average Bonchev–Trinajstić information content (AvgIpc) is 2.74. The minimum Gasteiger partial charge on any atom is -0.352 e. The van der Waals surface area contributed by atoms with Crippen LogP contribution in [-0.4, -0.2) is 22.6 Å². The first-order chi connectivity index (χ1) is 7.86. The predicted octanol–water partition coefficient (Wildman–Crippen LogP) is 2.85. The molecule has 1 aromatic rings. The number of halogens is 1. The molecule has 1 aromatic heterocycles. The maximum atomic E-state index is 4.46. The standard InChI is InChI=1S/C12H16IN3/c13-10-7-14-8-15-12(10)16-6-5-9-3-1-2-4-11(9)16/h7-9,11H,1-6H2. The summed E-state index contributed by atoms with van der Waals surface area (Å²) in [6, 6.07) is 0.747. The van der Waals surface area contributed by atoms with Gasteiger partial charge in [-0.05, 0) is 47.8 Å². The van der Waals surface area contributed by atoms with Crippen molar-refractivity contribution in [2.45, 2.75) is 38.1 Å². The highest BCUT2D eigenvalue weighted by molar-refractivity contribution is 14.1. The van der Waals surface area contributed by atoms with Crippen molar-refractivity contribution in [2.75, 3.05) is 11.4 Å². The minimum atomic E-state index is 0.747. The molecule has 0 bridgehead atoms. The lowest BCUT2D eigenvalue weighted by molar-refractivity contribution is 0.341. The van der Waals surface area contributed by atoms with Crippen molar-refractivity contribution < 1.29 is 0 Å². The molecule has 2 atom stereocenters. The van der Waals surface area contributed by atoms with Gasteiger partial charge < -0.3 is 4.90 Å². The lowest BCUT2D eigenvalue weighted by atomic mass is 9.85. The first kappa shape index (κ1) is 10.7. The monoisotopic (exact) mass is 329 g/mol. The summed E-state index contributed by atoms with van der Waals surface area (Å²) in [4.78, 5) is 11.1. The molecule has 0 aromatic carbocycles. The van der Waals surface area contributed by atoms with Gasteiger partial charge in [-0.3, -0.25) is 0 Å². The summed E-state index contributed by atoms with van der Waals surface area (Å²) in [5, 5.41) is 0. The molecule has 4 heteroatoms. The summed E-state index contributed by atoms with van der Waals surface area (Å²) in [5.41, 5.74) is 0. The van der Waals surface area contributed by atoms with Crippen LogP contribution in [0, 0.1) is 9.49 Å². The van der Waals surface area contributed by atoms with Crippen LogP contribution >= 0.6 is 22.6 Å². The van der Waals surface area contributed by atoms with Crippen molar-refractivity contribution in [1.29, 1.82) is 0 Å². The van der Waals surface area contributed by atoms with E-state index in [0.29, 0.717) is 0 Å². The van der Waals surface area contributed by atoms with Gasteiger partial charge in [0.05, 0.1) is 3.57 Å². The van der Waals surface area contributed by atoms with Crippen molar-refractivity contribution in [3.63, 3.8) is 0 Å². The maximum absolute atomic E-state index is 4.46. The van der Waals surface area contributed by atoms with Gasteiger partial charge in [-0.25, -0.2) is 9.97 Å². The fraction of sp³-hybridized carbons (Fsp3) is 0.667. The van der Waals surface area contributed by atoms with E-state index in [0.717, 1.165) is 17.8 Å². The molecule has 3 rings (SSSR count). The summed E-state index contributed by atoms with van der Waals surface area (Å²) in [6.45, 7) is 1.18. The van der Waals surface area contributed by atoms with Crippen molar-refractivity contribution >= 4 is 28.4 Å². The molecule has 2 heterocycles. The zero-order chi connectivity index (χ0) is 11.0. The van der Waals surface area contributed by atoms with Crippen LogP contribution in [0.5, 0.6) is 0 Å². The van der Waals surface area contributed by atoms with Gasteiger partial charge in [-0.2, -0.15) is 0 Å². The first-order valence-corrected chi connectivity index (χ1v) is 7.16. The molecule has 1 saturated heterocycles. The van der Waals surface area contributed by atoms with Crippen LogP contribution in [0.4, 0.5) is 5.82 Å². The van der Waals surface area contributed by atoms with Gasteiger partial charge in [0.1, 0.15) is 12.1 Å². The SMILES string of the molecule is Ic1cncnc1N1CCC2CCCCC21. The van der Waals surface area contributed by atoms with Crippen LogP contribution in [0.25, 0.3) is 0 Å². The molecule has 1 saturated carbocycles. The summed E-state index contributed by atoms with van der Waals surface area (Å²) in [6.07, 6.45) is 10.5. The molecule has 2 unspecified atom stereocenters. The Kier molecular flexibility index (Phi) is 3.00. The molecule has 1 aliphatic heterocycles. The fourth-order valence-electron chi connectivity index (χ4n) is 3.19. The molecule has 0 N–H and O–H groups in total. The van der Waals surface area contributed by atoms with E-state index in [9.17, 15) is 0 Å². The van der Waals surface area contributed by atoms with E-state index >= 15 is 0 Å². The van der Waals surface area contributed by atoms with Gasteiger partial charge in [0.15, 0.2) is 0 Å². The number of hydrogen-bond acceptors (Lipinski definition) is 3. The quantitative estimate of drug-likeness (QED) is 0.742. The zero-order valence-electron chi connectivity index (χ0n) is 9.27. The first-order valence-electron chi connectivity index (χ1n) is 6.08. The topological polar surface area (TPSA) is 29.0 Å². The second-order valence-corrected chi connectivity index (χ2v) is 5.95. The van der Waals surface area contributed by atoms with Crippen LogP contribution in [0.3, 0.4) is 0 Å². The number of aromatic nitrogens is 2. The van der Waals surface area contributed by atoms with E-state index in [1.807, 2.05) is 6.20 Å². The van der Waals surface area contributed by atoms with E-state index in [2.05, 4.69) is 37.5 Å². The van der Waals surface area contributed by atoms with Gasteiger partial charge in [-0.15, -0.1) is 0 Å². The lowest BCUT2D eigenvalue weighted by Crippen LogP contribution is -2.35. The number of fused-ring (bicyclic) bond motifs is 1. The molecule has 0 amide bonds. The highest BCUT2D eigenvalue weighted by atomic mass is 127. The highest BCUT2D eigenvalue weighted by Gasteiger charge is 2.36. The summed E-state index contributed by atoms with van der Waals surface area (Å²) >= 11 is 2.35. The predicted molar refractivity (Wildman–Crippen MR) is 72.5 cm³/mol. The largest absolute Gasteiger partial charge is 0.352 e. The molecule has 86 valence electrons. The lowest BCUT2D eigenvalue weighted by Gasteiger charge is -2.32.